The van der Waals surface area contributed by atoms with Crippen LogP contribution in [0.3, 0.4) is 0 Å². The molecule has 0 unspecified atom stereocenters. The number of hydrogen-bond acceptors (Lipinski definition) is 4. The molecule has 1 aliphatic carbocycles. The van der Waals surface area contributed by atoms with Crippen molar-refractivity contribution in [1.29, 1.82) is 5.26 Å². The molecule has 3 fully saturated rings. The van der Waals surface area contributed by atoms with Gasteiger partial charge in [0.25, 0.3) is 11.5 Å². The van der Waals surface area contributed by atoms with Gasteiger partial charge in [-0.15, -0.1) is 0 Å². The first-order chi connectivity index (χ1) is 13.9. The average Bonchev–Trinajstić information content (AvgIpc) is 3.25. The first kappa shape index (κ1) is 19.7. The summed E-state index contributed by atoms with van der Waals surface area (Å²) >= 11 is 0. The highest BCUT2D eigenvalue weighted by Gasteiger charge is 2.44. The Morgan fingerprint density at radius 1 is 1.21 bits per heavy atom. The van der Waals surface area contributed by atoms with E-state index in [-0.39, 0.29) is 16.9 Å². The van der Waals surface area contributed by atoms with Crippen molar-refractivity contribution in [2.75, 3.05) is 19.6 Å². The number of pyridine rings is 1. The van der Waals surface area contributed by atoms with Crippen LogP contribution in [-0.4, -0.2) is 52.3 Å². The summed E-state index contributed by atoms with van der Waals surface area (Å²) in [6.45, 7) is 3.81. The van der Waals surface area contributed by atoms with Crippen molar-refractivity contribution in [3.63, 3.8) is 0 Å². The second-order valence-electron chi connectivity index (χ2n) is 8.91. The van der Waals surface area contributed by atoms with Crippen LogP contribution in [0.4, 0.5) is 0 Å². The smallest absolute Gasteiger partial charge is 0.266 e. The molecule has 0 bridgehead atoms. The average molecular weight is 396 g/mol. The third-order valence-electron chi connectivity index (χ3n) is 7.16. The summed E-state index contributed by atoms with van der Waals surface area (Å²) in [6.07, 6.45) is 7.99. The van der Waals surface area contributed by atoms with E-state index in [4.69, 9.17) is 5.26 Å². The quantitative estimate of drug-likeness (QED) is 0.830. The monoisotopic (exact) mass is 396 g/mol. The Bertz CT molecular complexity index is 915. The third kappa shape index (κ3) is 3.68. The molecule has 2 aliphatic heterocycles. The van der Waals surface area contributed by atoms with Crippen molar-refractivity contribution in [1.82, 2.24) is 14.8 Å². The van der Waals surface area contributed by atoms with Gasteiger partial charge >= 0.3 is 0 Å². The molecule has 1 N–H and O–H groups in total. The Labute approximate surface area is 170 Å². The summed E-state index contributed by atoms with van der Waals surface area (Å²) in [5.74, 6) is 0.165. The number of nitrogens with zero attached hydrogens (tertiary/aromatic N) is 3. The SMILES string of the molecule is Cc1[nH]c(=O)c(C#N)cc1C(=O)N1CCC2(CCC(=O)N(C3CCCC3)C2)CC1. The van der Waals surface area contributed by atoms with E-state index in [1.165, 1.54) is 18.9 Å². The van der Waals surface area contributed by atoms with Gasteiger partial charge < -0.3 is 14.8 Å². The molecule has 7 nitrogen and oxygen atoms in total. The Hall–Kier alpha value is -2.62. The number of nitrogens with one attached hydrogen (secondary N) is 1. The Balaban J connectivity index is 1.45. The molecule has 1 spiro atoms. The van der Waals surface area contributed by atoms with E-state index in [0.29, 0.717) is 42.7 Å². The number of rotatable bonds is 2. The molecular formula is C22H28N4O3. The number of amides is 2. The fourth-order valence-corrected chi connectivity index (χ4v) is 5.28. The van der Waals surface area contributed by atoms with Crippen LogP contribution in [0.1, 0.15) is 73.0 Å². The largest absolute Gasteiger partial charge is 0.339 e. The molecule has 0 atom stereocenters. The van der Waals surface area contributed by atoms with Gasteiger partial charge in [-0.1, -0.05) is 12.8 Å². The van der Waals surface area contributed by atoms with Gasteiger partial charge in [-0.05, 0) is 50.5 Å². The van der Waals surface area contributed by atoms with Crippen LogP contribution in [-0.2, 0) is 4.79 Å². The lowest BCUT2D eigenvalue weighted by Gasteiger charge is -2.49. The number of H-pyrrole nitrogens is 1. The van der Waals surface area contributed by atoms with Gasteiger partial charge in [0.2, 0.25) is 5.91 Å². The topological polar surface area (TPSA) is 97.3 Å². The molecule has 7 heteroatoms. The fraction of sp³-hybridized carbons (Fsp3) is 0.636. The summed E-state index contributed by atoms with van der Waals surface area (Å²) in [4.78, 5) is 43.8. The highest BCUT2D eigenvalue weighted by atomic mass is 16.2. The summed E-state index contributed by atoms with van der Waals surface area (Å²) in [7, 11) is 0. The molecular weight excluding hydrogens is 368 g/mol. The van der Waals surface area contributed by atoms with Crippen molar-refractivity contribution in [3.8, 4) is 6.07 Å². The number of carbonyl (C=O) groups excluding carboxylic acids is 2. The minimum atomic E-state index is -0.460. The molecule has 2 amide bonds. The van der Waals surface area contributed by atoms with E-state index in [9.17, 15) is 14.4 Å². The van der Waals surface area contributed by atoms with E-state index >= 15 is 0 Å². The summed E-state index contributed by atoms with van der Waals surface area (Å²) < 4.78 is 0. The maximum absolute atomic E-state index is 13.0. The number of nitriles is 1. The maximum atomic E-state index is 13.0. The first-order valence-electron chi connectivity index (χ1n) is 10.7. The van der Waals surface area contributed by atoms with Crippen LogP contribution in [0.15, 0.2) is 10.9 Å². The highest BCUT2D eigenvalue weighted by molar-refractivity contribution is 5.95. The normalized spacial score (nSPS) is 22.1. The molecule has 0 aromatic carbocycles. The van der Waals surface area contributed by atoms with Gasteiger partial charge in [-0.2, -0.15) is 5.26 Å². The predicted molar refractivity (Wildman–Crippen MR) is 107 cm³/mol. The number of piperidine rings is 2. The van der Waals surface area contributed by atoms with E-state index in [2.05, 4.69) is 9.88 Å². The predicted octanol–water partition coefficient (Wildman–Crippen LogP) is 2.34. The van der Waals surface area contributed by atoms with E-state index in [0.717, 1.165) is 38.6 Å². The lowest BCUT2D eigenvalue weighted by atomic mass is 9.72. The van der Waals surface area contributed by atoms with E-state index in [1.807, 2.05) is 11.0 Å². The van der Waals surface area contributed by atoms with Gasteiger partial charge in [0.15, 0.2) is 0 Å². The van der Waals surface area contributed by atoms with Crippen molar-refractivity contribution in [3.05, 3.63) is 33.2 Å². The van der Waals surface area contributed by atoms with Gasteiger partial charge in [0, 0.05) is 37.8 Å². The van der Waals surface area contributed by atoms with Crippen molar-refractivity contribution < 1.29 is 9.59 Å². The second-order valence-corrected chi connectivity index (χ2v) is 8.91. The van der Waals surface area contributed by atoms with Crippen LogP contribution in [0.2, 0.25) is 0 Å². The zero-order chi connectivity index (χ0) is 20.6. The molecule has 4 rings (SSSR count). The zero-order valence-corrected chi connectivity index (χ0v) is 17.0. The van der Waals surface area contributed by atoms with Crippen LogP contribution in [0, 0.1) is 23.7 Å². The van der Waals surface area contributed by atoms with Crippen molar-refractivity contribution >= 4 is 11.8 Å². The number of aryl methyl sites for hydroxylation is 1. The molecule has 154 valence electrons. The molecule has 3 heterocycles. The number of aromatic nitrogens is 1. The molecule has 0 radical (unpaired) electrons. The summed E-state index contributed by atoms with van der Waals surface area (Å²) in [6, 6.07) is 3.67. The molecule has 1 aromatic heterocycles. The first-order valence-corrected chi connectivity index (χ1v) is 10.7. The Morgan fingerprint density at radius 2 is 1.90 bits per heavy atom. The highest BCUT2D eigenvalue weighted by Crippen LogP contribution is 2.42. The van der Waals surface area contributed by atoms with Crippen molar-refractivity contribution in [2.24, 2.45) is 5.41 Å². The van der Waals surface area contributed by atoms with Crippen LogP contribution in [0.5, 0.6) is 0 Å². The fourth-order valence-electron chi connectivity index (χ4n) is 5.28. The standard InChI is InChI=1S/C22H28N4O3/c1-15-18(12-16(13-23)20(28)24-15)21(29)25-10-8-22(9-11-25)7-6-19(27)26(14-22)17-4-2-3-5-17/h12,17H,2-11,14H2,1H3,(H,24,28). The zero-order valence-electron chi connectivity index (χ0n) is 17.0. The number of hydrogen-bond donors (Lipinski definition) is 1. The number of aromatic amines is 1. The van der Waals surface area contributed by atoms with Crippen LogP contribution >= 0.6 is 0 Å². The summed E-state index contributed by atoms with van der Waals surface area (Å²) in [5, 5.41) is 9.10. The summed E-state index contributed by atoms with van der Waals surface area (Å²) in [5.41, 5.74) is 0.507. The third-order valence-corrected chi connectivity index (χ3v) is 7.16. The van der Waals surface area contributed by atoms with Gasteiger partial charge in [-0.3, -0.25) is 14.4 Å². The van der Waals surface area contributed by atoms with Crippen molar-refractivity contribution in [2.45, 2.75) is 64.3 Å². The molecule has 1 saturated carbocycles. The molecule has 2 saturated heterocycles. The van der Waals surface area contributed by atoms with Crippen LogP contribution in [0.25, 0.3) is 0 Å². The minimum absolute atomic E-state index is 0.0366. The molecule has 3 aliphatic rings. The Morgan fingerprint density at radius 3 is 2.55 bits per heavy atom. The second kappa shape index (κ2) is 7.66. The van der Waals surface area contributed by atoms with Gasteiger partial charge in [0.1, 0.15) is 11.6 Å². The lowest BCUT2D eigenvalue weighted by molar-refractivity contribution is -0.142. The van der Waals surface area contributed by atoms with Crippen LogP contribution < -0.4 is 5.56 Å². The lowest BCUT2D eigenvalue weighted by Crippen LogP contribution is -2.54. The maximum Gasteiger partial charge on any atom is 0.266 e. The number of likely N-dealkylation sites (tertiary alicyclic amines) is 2. The van der Waals surface area contributed by atoms with E-state index < -0.39 is 5.56 Å². The Kier molecular flexibility index (Phi) is 5.20. The van der Waals surface area contributed by atoms with E-state index in [1.54, 1.807) is 6.92 Å². The minimum Gasteiger partial charge on any atom is -0.339 e. The molecule has 1 aromatic rings. The number of carbonyl (C=O) groups is 2. The van der Waals surface area contributed by atoms with Gasteiger partial charge in [-0.25, -0.2) is 0 Å². The molecule has 29 heavy (non-hydrogen) atoms. The van der Waals surface area contributed by atoms with Gasteiger partial charge in [0.05, 0.1) is 5.56 Å².